The van der Waals surface area contributed by atoms with Crippen molar-refractivity contribution in [2.45, 2.75) is 146 Å². The summed E-state index contributed by atoms with van der Waals surface area (Å²) in [5, 5.41) is 0. The summed E-state index contributed by atoms with van der Waals surface area (Å²) >= 11 is 0. The normalized spacial score (nSPS) is 19.1. The number of unbranched alkanes of at least 4 members (excludes halogenated alkanes) is 3. The molecule has 5 unspecified atom stereocenters. The highest BCUT2D eigenvalue weighted by Crippen LogP contribution is 2.43. The molecule has 0 aromatic rings. The van der Waals surface area contributed by atoms with E-state index in [1.54, 1.807) is 0 Å². The lowest BCUT2D eigenvalue weighted by Crippen LogP contribution is -2.30. The molecule has 0 saturated heterocycles. The van der Waals surface area contributed by atoms with E-state index in [0.717, 1.165) is 23.7 Å². The zero-order valence-corrected chi connectivity index (χ0v) is 21.8. The maximum atomic E-state index is 2.58. The van der Waals surface area contributed by atoms with Gasteiger partial charge in [0.2, 0.25) is 0 Å². The van der Waals surface area contributed by atoms with Gasteiger partial charge in [0, 0.05) is 0 Å². The minimum atomic E-state index is 0.525. The van der Waals surface area contributed by atoms with E-state index < -0.39 is 0 Å². The van der Waals surface area contributed by atoms with Gasteiger partial charge in [0.1, 0.15) is 0 Å². The van der Waals surface area contributed by atoms with E-state index in [4.69, 9.17) is 0 Å². The van der Waals surface area contributed by atoms with Crippen LogP contribution in [-0.2, 0) is 0 Å². The fourth-order valence-electron chi connectivity index (χ4n) is 5.31. The third kappa shape index (κ3) is 11.3. The van der Waals surface area contributed by atoms with E-state index in [-0.39, 0.29) is 0 Å². The molecule has 0 aliphatic rings. The van der Waals surface area contributed by atoms with E-state index in [1.165, 1.54) is 77.0 Å². The Kier molecular flexibility index (Phi) is 14.1. The Morgan fingerprint density at radius 1 is 0.643 bits per heavy atom. The molecule has 0 fully saturated rings. The average Bonchev–Trinajstić information content (AvgIpc) is 2.63. The minimum absolute atomic E-state index is 0.525. The molecule has 0 nitrogen and oxygen atoms in total. The molecule has 170 valence electrons. The van der Waals surface area contributed by atoms with Crippen LogP contribution in [0.15, 0.2) is 0 Å². The fraction of sp³-hybridized carbons (Fsp3) is 1.00. The van der Waals surface area contributed by atoms with Crippen LogP contribution >= 0.6 is 0 Å². The highest BCUT2D eigenvalue weighted by atomic mass is 14.4. The molecule has 0 aliphatic heterocycles. The summed E-state index contributed by atoms with van der Waals surface area (Å²) in [6.07, 6.45) is 16.7. The molecule has 0 aliphatic carbocycles. The van der Waals surface area contributed by atoms with Crippen molar-refractivity contribution in [2.24, 2.45) is 34.5 Å². The summed E-state index contributed by atoms with van der Waals surface area (Å²) in [4.78, 5) is 0. The van der Waals surface area contributed by atoms with Crippen LogP contribution in [0.5, 0.6) is 0 Å². The van der Waals surface area contributed by atoms with Gasteiger partial charge < -0.3 is 0 Å². The highest BCUT2D eigenvalue weighted by molar-refractivity contribution is 4.83. The predicted octanol–water partition coefficient (Wildman–Crippen LogP) is 10.3. The molecule has 0 amide bonds. The van der Waals surface area contributed by atoms with Crippen LogP contribution in [0.4, 0.5) is 0 Å². The molecule has 0 aromatic heterocycles. The van der Waals surface area contributed by atoms with E-state index in [0.29, 0.717) is 10.8 Å². The topological polar surface area (TPSA) is 0 Å². The number of hydrogen-bond donors (Lipinski definition) is 0. The molecule has 0 heteroatoms. The monoisotopic (exact) mass is 394 g/mol. The molecule has 0 rings (SSSR count). The lowest BCUT2D eigenvalue weighted by atomic mass is 9.66. The van der Waals surface area contributed by atoms with Crippen LogP contribution in [0.1, 0.15) is 146 Å². The van der Waals surface area contributed by atoms with Gasteiger partial charge in [0.05, 0.1) is 0 Å². The van der Waals surface area contributed by atoms with Crippen LogP contribution in [-0.4, -0.2) is 0 Å². The second kappa shape index (κ2) is 14.1. The summed E-state index contributed by atoms with van der Waals surface area (Å²) in [6, 6.07) is 0. The molecule has 0 radical (unpaired) electrons. The molecule has 0 saturated carbocycles. The van der Waals surface area contributed by atoms with Crippen LogP contribution in [0.25, 0.3) is 0 Å². The third-order valence-electron chi connectivity index (χ3n) is 8.43. The first-order chi connectivity index (χ1) is 13.0. The van der Waals surface area contributed by atoms with Crippen LogP contribution in [0.2, 0.25) is 0 Å². The van der Waals surface area contributed by atoms with Crippen LogP contribution < -0.4 is 0 Å². The van der Waals surface area contributed by atoms with Gasteiger partial charge in [0.15, 0.2) is 0 Å². The fourth-order valence-corrected chi connectivity index (χ4v) is 5.31. The number of hydrogen-bond acceptors (Lipinski definition) is 0. The lowest BCUT2D eigenvalue weighted by molar-refractivity contribution is 0.104. The molecule has 0 spiro atoms. The van der Waals surface area contributed by atoms with Crippen LogP contribution in [0, 0.1) is 34.5 Å². The Hall–Kier alpha value is 0. The van der Waals surface area contributed by atoms with Crippen molar-refractivity contribution in [3.05, 3.63) is 0 Å². The standard InChI is InChI=1S/C28H58/c1-11-18-23(4)21-24(5)22-25(6)26(7)28(10,13-3)20-17-15-14-16-19-27(8,9)12-2/h23-26H,11-22H2,1-10H3. The largest absolute Gasteiger partial charge is 0.0654 e. The van der Waals surface area contributed by atoms with Gasteiger partial charge in [-0.25, -0.2) is 0 Å². The van der Waals surface area contributed by atoms with Crippen molar-refractivity contribution in [3.8, 4) is 0 Å². The molecule has 0 N–H and O–H groups in total. The van der Waals surface area contributed by atoms with E-state index in [9.17, 15) is 0 Å². The molecule has 5 atom stereocenters. The summed E-state index contributed by atoms with van der Waals surface area (Å²) in [5.41, 5.74) is 1.07. The summed E-state index contributed by atoms with van der Waals surface area (Å²) in [7, 11) is 0. The molecule has 0 aromatic carbocycles. The van der Waals surface area contributed by atoms with E-state index in [1.807, 2.05) is 0 Å². The van der Waals surface area contributed by atoms with Gasteiger partial charge >= 0.3 is 0 Å². The zero-order chi connectivity index (χ0) is 21.8. The van der Waals surface area contributed by atoms with E-state index in [2.05, 4.69) is 69.2 Å². The van der Waals surface area contributed by atoms with Gasteiger partial charge in [0.25, 0.3) is 0 Å². The number of rotatable bonds is 17. The Morgan fingerprint density at radius 2 is 1.21 bits per heavy atom. The third-order valence-corrected chi connectivity index (χ3v) is 8.43. The van der Waals surface area contributed by atoms with Crippen molar-refractivity contribution in [2.75, 3.05) is 0 Å². The second-order valence-electron chi connectivity index (χ2n) is 11.7. The Bertz CT molecular complexity index is 368. The minimum Gasteiger partial charge on any atom is -0.0654 e. The van der Waals surface area contributed by atoms with Crippen molar-refractivity contribution in [1.82, 2.24) is 0 Å². The first-order valence-corrected chi connectivity index (χ1v) is 13.0. The molecular weight excluding hydrogens is 336 g/mol. The highest BCUT2D eigenvalue weighted by Gasteiger charge is 2.32. The Balaban J connectivity index is 4.35. The lowest BCUT2D eigenvalue weighted by Gasteiger charge is -2.40. The van der Waals surface area contributed by atoms with Gasteiger partial charge in [-0.1, -0.05) is 121 Å². The molecule has 0 bridgehead atoms. The molecular formula is C28H58. The predicted molar refractivity (Wildman–Crippen MR) is 131 cm³/mol. The van der Waals surface area contributed by atoms with Gasteiger partial charge in [-0.2, -0.15) is 0 Å². The summed E-state index contributed by atoms with van der Waals surface area (Å²) in [6.45, 7) is 24.6. The first-order valence-electron chi connectivity index (χ1n) is 13.0. The summed E-state index contributed by atoms with van der Waals surface area (Å²) in [5.74, 6) is 3.46. The van der Waals surface area contributed by atoms with Crippen molar-refractivity contribution < 1.29 is 0 Å². The Morgan fingerprint density at radius 3 is 1.71 bits per heavy atom. The first kappa shape index (κ1) is 28.0. The van der Waals surface area contributed by atoms with Crippen molar-refractivity contribution in [3.63, 3.8) is 0 Å². The molecule has 28 heavy (non-hydrogen) atoms. The van der Waals surface area contributed by atoms with Crippen LogP contribution in [0.3, 0.4) is 0 Å². The van der Waals surface area contributed by atoms with Gasteiger partial charge in [-0.3, -0.25) is 0 Å². The Labute approximate surface area is 181 Å². The SMILES string of the molecule is CCCC(C)CC(C)CC(C)C(C)C(C)(CC)CCCCCCC(C)(C)CC. The van der Waals surface area contributed by atoms with Gasteiger partial charge in [-0.15, -0.1) is 0 Å². The van der Waals surface area contributed by atoms with Crippen molar-refractivity contribution >= 4 is 0 Å². The zero-order valence-electron chi connectivity index (χ0n) is 21.8. The summed E-state index contributed by atoms with van der Waals surface area (Å²) < 4.78 is 0. The van der Waals surface area contributed by atoms with E-state index >= 15 is 0 Å². The smallest absolute Gasteiger partial charge is 0.0300 e. The quantitative estimate of drug-likeness (QED) is 0.215. The van der Waals surface area contributed by atoms with Crippen molar-refractivity contribution in [1.29, 1.82) is 0 Å². The van der Waals surface area contributed by atoms with Gasteiger partial charge in [-0.05, 0) is 60.2 Å². The second-order valence-corrected chi connectivity index (χ2v) is 11.7. The maximum Gasteiger partial charge on any atom is -0.0300 e. The average molecular weight is 395 g/mol. The maximum absolute atomic E-state index is 2.58. The molecule has 0 heterocycles.